The molecular formula is C15H12ClNO3. The Kier molecular flexibility index (Phi) is 4.15. The molecule has 4 nitrogen and oxygen atoms in total. The molecule has 0 unspecified atom stereocenters. The summed E-state index contributed by atoms with van der Waals surface area (Å²) < 4.78 is 0. The molecule has 20 heavy (non-hydrogen) atoms. The summed E-state index contributed by atoms with van der Waals surface area (Å²) >= 11 is 5.79. The van der Waals surface area contributed by atoms with E-state index in [2.05, 4.69) is 0 Å². The summed E-state index contributed by atoms with van der Waals surface area (Å²) in [5.41, 5.74) is 1.86. The molecule has 0 atom stereocenters. The van der Waals surface area contributed by atoms with Crippen LogP contribution in [0.4, 0.5) is 5.69 Å². The van der Waals surface area contributed by atoms with Gasteiger partial charge in [-0.15, -0.1) is 0 Å². The van der Waals surface area contributed by atoms with Crippen LogP contribution < -0.4 is 0 Å². The van der Waals surface area contributed by atoms with E-state index in [4.69, 9.17) is 11.6 Å². The number of nitrogens with zero attached hydrogens (tertiary/aromatic N) is 1. The maximum Gasteiger partial charge on any atom is 0.270 e. The Morgan fingerprint density at radius 2 is 1.85 bits per heavy atom. The quantitative estimate of drug-likeness (QED) is 0.486. The lowest BCUT2D eigenvalue weighted by molar-refractivity contribution is -0.384. The van der Waals surface area contributed by atoms with Crippen LogP contribution in [0.3, 0.4) is 0 Å². The molecule has 0 heterocycles. The summed E-state index contributed by atoms with van der Waals surface area (Å²) in [7, 11) is 0. The van der Waals surface area contributed by atoms with E-state index >= 15 is 0 Å². The lowest BCUT2D eigenvalue weighted by Gasteiger charge is -2.05. The first-order valence-corrected chi connectivity index (χ1v) is 6.38. The number of non-ortho nitro benzene ring substituents is 1. The van der Waals surface area contributed by atoms with Gasteiger partial charge < -0.3 is 0 Å². The molecule has 2 aromatic rings. The van der Waals surface area contributed by atoms with Gasteiger partial charge in [-0.1, -0.05) is 29.8 Å². The molecule has 0 spiro atoms. The molecule has 5 heteroatoms. The van der Waals surface area contributed by atoms with Crippen molar-refractivity contribution in [1.82, 2.24) is 0 Å². The minimum atomic E-state index is -0.501. The number of nitro benzene ring substituents is 1. The number of aryl methyl sites for hydroxylation is 1. The Balaban J connectivity index is 2.26. The summed E-state index contributed by atoms with van der Waals surface area (Å²) in [6.07, 6.45) is 0.194. The number of hydrogen-bond donors (Lipinski definition) is 0. The second-order valence-electron chi connectivity index (χ2n) is 4.48. The van der Waals surface area contributed by atoms with Gasteiger partial charge in [0.25, 0.3) is 5.69 Å². The zero-order chi connectivity index (χ0) is 14.7. The van der Waals surface area contributed by atoms with Crippen molar-refractivity contribution < 1.29 is 9.72 Å². The maximum absolute atomic E-state index is 12.2. The van der Waals surface area contributed by atoms with Gasteiger partial charge in [-0.05, 0) is 30.2 Å². The summed E-state index contributed by atoms with van der Waals surface area (Å²) in [6, 6.07) is 11.3. The minimum absolute atomic E-state index is 0.0740. The first-order chi connectivity index (χ1) is 9.47. The molecule has 0 aliphatic carbocycles. The van der Waals surface area contributed by atoms with Gasteiger partial charge in [0.2, 0.25) is 0 Å². The van der Waals surface area contributed by atoms with E-state index in [0.29, 0.717) is 10.6 Å². The van der Waals surface area contributed by atoms with Crippen LogP contribution in [-0.4, -0.2) is 10.7 Å². The van der Waals surface area contributed by atoms with Crippen LogP contribution in [0, 0.1) is 17.0 Å². The van der Waals surface area contributed by atoms with Crippen molar-refractivity contribution in [3.05, 3.63) is 74.3 Å². The molecule has 2 aromatic carbocycles. The molecule has 0 saturated carbocycles. The number of carbonyl (C=O) groups excluding carboxylic acids is 1. The highest BCUT2D eigenvalue weighted by atomic mass is 35.5. The molecule has 102 valence electrons. The number of hydrogen-bond acceptors (Lipinski definition) is 3. The summed E-state index contributed by atoms with van der Waals surface area (Å²) in [5.74, 6) is -0.145. The van der Waals surface area contributed by atoms with Gasteiger partial charge in [0.15, 0.2) is 5.78 Å². The van der Waals surface area contributed by atoms with Crippen molar-refractivity contribution in [3.8, 4) is 0 Å². The Hall–Kier alpha value is -2.20. The monoisotopic (exact) mass is 289 g/mol. The molecule has 0 radical (unpaired) electrons. The number of Topliss-reactive ketones (excluding diaryl/α,β-unsaturated/α-hetero) is 1. The molecule has 0 aromatic heterocycles. The number of ketones is 1. The molecule has 2 rings (SSSR count). The maximum atomic E-state index is 12.2. The smallest absolute Gasteiger partial charge is 0.270 e. The summed E-state index contributed by atoms with van der Waals surface area (Å²) in [5, 5.41) is 11.4. The Morgan fingerprint density at radius 1 is 1.20 bits per heavy atom. The number of nitro groups is 1. The average molecular weight is 290 g/mol. The Bertz CT molecular complexity index is 665. The molecule has 0 saturated heterocycles. The third-order valence-electron chi connectivity index (χ3n) is 3.01. The van der Waals surface area contributed by atoms with Gasteiger partial charge in [-0.2, -0.15) is 0 Å². The second kappa shape index (κ2) is 5.84. The van der Waals surface area contributed by atoms with E-state index in [9.17, 15) is 14.9 Å². The van der Waals surface area contributed by atoms with Gasteiger partial charge in [0.05, 0.1) is 4.92 Å². The fourth-order valence-corrected chi connectivity index (χ4v) is 2.03. The van der Waals surface area contributed by atoms with Crippen LogP contribution >= 0.6 is 11.6 Å². The predicted molar refractivity (Wildman–Crippen MR) is 77.3 cm³/mol. The average Bonchev–Trinajstić information content (AvgIpc) is 2.41. The molecule has 0 aliphatic rings. The fourth-order valence-electron chi connectivity index (χ4n) is 1.91. The van der Waals surface area contributed by atoms with Crippen LogP contribution in [0.5, 0.6) is 0 Å². The van der Waals surface area contributed by atoms with Crippen LogP contribution in [-0.2, 0) is 6.42 Å². The van der Waals surface area contributed by atoms with Crippen molar-refractivity contribution in [2.24, 2.45) is 0 Å². The highest BCUT2D eigenvalue weighted by molar-refractivity contribution is 6.30. The molecule has 0 fully saturated rings. The summed E-state index contributed by atoms with van der Waals surface area (Å²) in [4.78, 5) is 22.5. The van der Waals surface area contributed by atoms with Crippen LogP contribution in [0.1, 0.15) is 21.5 Å². The molecule has 0 amide bonds. The van der Waals surface area contributed by atoms with Gasteiger partial charge in [-0.3, -0.25) is 14.9 Å². The van der Waals surface area contributed by atoms with Crippen molar-refractivity contribution in [3.63, 3.8) is 0 Å². The highest BCUT2D eigenvalue weighted by Gasteiger charge is 2.15. The molecule has 0 N–H and O–H groups in total. The van der Waals surface area contributed by atoms with Crippen molar-refractivity contribution in [2.45, 2.75) is 13.3 Å². The number of benzene rings is 2. The standard InChI is InChI=1S/C15H12ClNO3/c1-10-2-7-13(17(19)20)9-14(10)15(18)8-11-3-5-12(16)6-4-11/h2-7,9H,8H2,1H3. The lowest BCUT2D eigenvalue weighted by atomic mass is 9.99. The molecule has 0 aliphatic heterocycles. The van der Waals surface area contributed by atoms with E-state index in [1.807, 2.05) is 0 Å². The Morgan fingerprint density at radius 3 is 2.45 bits per heavy atom. The van der Waals surface area contributed by atoms with Crippen LogP contribution in [0.15, 0.2) is 42.5 Å². The first kappa shape index (κ1) is 14.2. The third-order valence-corrected chi connectivity index (χ3v) is 3.26. The first-order valence-electron chi connectivity index (χ1n) is 6.00. The minimum Gasteiger partial charge on any atom is -0.294 e. The van der Waals surface area contributed by atoms with Crippen molar-refractivity contribution in [2.75, 3.05) is 0 Å². The normalized spacial score (nSPS) is 10.3. The third kappa shape index (κ3) is 3.22. The van der Waals surface area contributed by atoms with Crippen molar-refractivity contribution >= 4 is 23.1 Å². The molecular weight excluding hydrogens is 278 g/mol. The van der Waals surface area contributed by atoms with E-state index < -0.39 is 4.92 Å². The van der Waals surface area contributed by atoms with E-state index in [-0.39, 0.29) is 17.9 Å². The van der Waals surface area contributed by atoms with Crippen LogP contribution in [0.25, 0.3) is 0 Å². The van der Waals surface area contributed by atoms with Gasteiger partial charge >= 0.3 is 0 Å². The van der Waals surface area contributed by atoms with Gasteiger partial charge in [-0.25, -0.2) is 0 Å². The van der Waals surface area contributed by atoms with Crippen LogP contribution in [0.2, 0.25) is 5.02 Å². The lowest BCUT2D eigenvalue weighted by Crippen LogP contribution is -2.06. The predicted octanol–water partition coefficient (Wildman–Crippen LogP) is 3.98. The SMILES string of the molecule is Cc1ccc([N+](=O)[O-])cc1C(=O)Cc1ccc(Cl)cc1. The number of rotatable bonds is 4. The second-order valence-corrected chi connectivity index (χ2v) is 4.92. The summed E-state index contributed by atoms with van der Waals surface area (Å²) in [6.45, 7) is 1.76. The topological polar surface area (TPSA) is 60.2 Å². The largest absolute Gasteiger partial charge is 0.294 e. The highest BCUT2D eigenvalue weighted by Crippen LogP contribution is 2.19. The zero-order valence-electron chi connectivity index (χ0n) is 10.8. The molecule has 0 bridgehead atoms. The van der Waals surface area contributed by atoms with Crippen molar-refractivity contribution in [1.29, 1.82) is 0 Å². The van der Waals surface area contributed by atoms with Gasteiger partial charge in [0.1, 0.15) is 0 Å². The number of halogens is 1. The van der Waals surface area contributed by atoms with E-state index in [1.165, 1.54) is 12.1 Å². The van der Waals surface area contributed by atoms with E-state index in [0.717, 1.165) is 11.1 Å². The van der Waals surface area contributed by atoms with E-state index in [1.54, 1.807) is 37.3 Å². The number of carbonyl (C=O) groups is 1. The zero-order valence-corrected chi connectivity index (χ0v) is 11.6. The van der Waals surface area contributed by atoms with Gasteiger partial charge in [0, 0.05) is 29.1 Å². The Labute approximate surface area is 121 Å². The fraction of sp³-hybridized carbons (Fsp3) is 0.133.